The summed E-state index contributed by atoms with van der Waals surface area (Å²) >= 11 is 6.64. The molecule has 0 N–H and O–H groups in total. The monoisotopic (exact) mass is 658 g/mol. The average Bonchev–Trinajstić information content (AvgIpc) is 3.48. The Hall–Kier alpha value is -3.89. The number of hydrogen-bond acceptors (Lipinski definition) is 8. The highest BCUT2D eigenvalue weighted by molar-refractivity contribution is 6.36. The molecule has 5 heterocycles. The zero-order valence-electron chi connectivity index (χ0n) is 26.1. The van der Waals surface area contributed by atoms with E-state index >= 15 is 4.39 Å². The molecule has 8 nitrogen and oxygen atoms in total. The molecular weight excluding hydrogens is 622 g/mol. The van der Waals surface area contributed by atoms with E-state index in [-0.39, 0.29) is 29.9 Å². The standard InChI is InChI=1S/C36H37ClF2N6O2/c37-29-8-2-6-24-5-1-7-27(30(24)29)32-31(39)33-28(18-40-32)34(45(19-23-9-10-23)26-11-15-43(21-26)13-4-16-46)42-35(41-33)47-22-36-12-3-14-44(36)20-25(38)17-36/h1-2,4-8,13,16,18,23,25-26H,3,9-12,14-15,17,19-22H2/t25-,26-,36+/m1/s1. The number of pyridine rings is 1. The summed E-state index contributed by atoms with van der Waals surface area (Å²) in [6.45, 7) is 3.77. The first-order valence-electron chi connectivity index (χ1n) is 16.6. The molecule has 0 radical (unpaired) electrons. The molecule has 1 saturated carbocycles. The third kappa shape index (κ3) is 5.69. The highest BCUT2D eigenvalue weighted by Gasteiger charge is 2.49. The Bertz CT molecular complexity index is 1870. The number of aldehydes is 1. The van der Waals surface area contributed by atoms with Gasteiger partial charge in [-0.05, 0) is 62.1 Å². The number of rotatable bonds is 10. The number of carbonyl (C=O) groups excluding carboxylic acids is 1. The lowest BCUT2D eigenvalue weighted by molar-refractivity contribution is -0.104. The minimum Gasteiger partial charge on any atom is -0.461 e. The minimum absolute atomic E-state index is 0.0829. The fourth-order valence-electron chi connectivity index (χ4n) is 7.93. The molecule has 3 atom stereocenters. The molecule has 1 aliphatic carbocycles. The summed E-state index contributed by atoms with van der Waals surface area (Å²) in [4.78, 5) is 31.9. The molecule has 3 saturated heterocycles. The second-order valence-corrected chi connectivity index (χ2v) is 13.9. The first kappa shape index (κ1) is 30.4. The van der Waals surface area contributed by atoms with E-state index in [1.165, 1.54) is 6.08 Å². The minimum atomic E-state index is -0.891. The van der Waals surface area contributed by atoms with Crippen molar-refractivity contribution in [3.8, 4) is 17.3 Å². The van der Waals surface area contributed by atoms with Crippen LogP contribution in [0.15, 0.2) is 54.9 Å². The summed E-state index contributed by atoms with van der Waals surface area (Å²) in [5.74, 6) is 0.541. The van der Waals surface area contributed by atoms with Crippen molar-refractivity contribution in [3.63, 3.8) is 0 Å². The number of benzene rings is 2. The number of ether oxygens (including phenoxy) is 1. The number of alkyl halides is 1. The molecule has 0 amide bonds. The lowest BCUT2D eigenvalue weighted by Crippen LogP contribution is -2.43. The van der Waals surface area contributed by atoms with Gasteiger partial charge in [-0.2, -0.15) is 9.97 Å². The second-order valence-electron chi connectivity index (χ2n) is 13.5. The number of halogens is 3. The fourth-order valence-corrected chi connectivity index (χ4v) is 8.22. The van der Waals surface area contributed by atoms with Gasteiger partial charge in [0.25, 0.3) is 0 Å². The van der Waals surface area contributed by atoms with E-state index in [4.69, 9.17) is 26.3 Å². The van der Waals surface area contributed by atoms with Crippen LogP contribution >= 0.6 is 11.6 Å². The summed E-state index contributed by atoms with van der Waals surface area (Å²) in [5.41, 5.74) is 0.470. The number of nitrogens with zero attached hydrogens (tertiary/aromatic N) is 6. The van der Waals surface area contributed by atoms with Crippen LogP contribution in [0.4, 0.5) is 14.6 Å². The molecule has 2 aromatic heterocycles. The Morgan fingerprint density at radius 2 is 1.96 bits per heavy atom. The van der Waals surface area contributed by atoms with Crippen LogP contribution in [0.1, 0.15) is 38.5 Å². The molecule has 4 aliphatic rings. The molecule has 4 aromatic rings. The van der Waals surface area contributed by atoms with Crippen LogP contribution in [0.5, 0.6) is 6.01 Å². The van der Waals surface area contributed by atoms with E-state index in [1.807, 2.05) is 36.5 Å². The van der Waals surface area contributed by atoms with Crippen LogP contribution in [0.3, 0.4) is 0 Å². The predicted octanol–water partition coefficient (Wildman–Crippen LogP) is 6.60. The van der Waals surface area contributed by atoms with E-state index < -0.39 is 17.5 Å². The molecule has 8 rings (SSSR count). The van der Waals surface area contributed by atoms with Crippen molar-refractivity contribution in [1.29, 1.82) is 0 Å². The molecular formula is C36H37ClF2N6O2. The smallest absolute Gasteiger partial charge is 0.319 e. The zero-order chi connectivity index (χ0) is 32.1. The number of carbonyl (C=O) groups is 1. The molecule has 4 fully saturated rings. The van der Waals surface area contributed by atoms with Gasteiger partial charge >= 0.3 is 6.01 Å². The van der Waals surface area contributed by atoms with E-state index in [9.17, 15) is 9.18 Å². The Balaban J connectivity index is 1.24. The van der Waals surface area contributed by atoms with Crippen LogP contribution in [-0.4, -0.2) is 88.1 Å². The normalized spacial score (nSPS) is 24.5. The van der Waals surface area contributed by atoms with Gasteiger partial charge in [0.1, 0.15) is 36.1 Å². The molecule has 0 spiro atoms. The first-order chi connectivity index (χ1) is 22.9. The van der Waals surface area contributed by atoms with E-state index in [2.05, 4.69) is 19.7 Å². The van der Waals surface area contributed by atoms with Crippen LogP contribution in [0.25, 0.3) is 32.9 Å². The quantitative estimate of drug-likeness (QED) is 0.140. The van der Waals surface area contributed by atoms with Gasteiger partial charge in [-0.15, -0.1) is 0 Å². The summed E-state index contributed by atoms with van der Waals surface area (Å²) in [5, 5.41) is 2.63. The Morgan fingerprint density at radius 1 is 1.11 bits per heavy atom. The zero-order valence-corrected chi connectivity index (χ0v) is 26.9. The lowest BCUT2D eigenvalue weighted by Gasteiger charge is -2.32. The number of hydrogen-bond donors (Lipinski definition) is 0. The largest absolute Gasteiger partial charge is 0.461 e. The van der Waals surface area contributed by atoms with Crippen LogP contribution in [0.2, 0.25) is 5.02 Å². The van der Waals surface area contributed by atoms with Gasteiger partial charge in [-0.1, -0.05) is 41.9 Å². The second kappa shape index (κ2) is 12.3. The maximum Gasteiger partial charge on any atom is 0.319 e. The molecule has 47 heavy (non-hydrogen) atoms. The van der Waals surface area contributed by atoms with E-state index in [0.717, 1.165) is 68.8 Å². The maximum atomic E-state index is 16.9. The number of aromatic nitrogens is 3. The van der Waals surface area contributed by atoms with Gasteiger partial charge in [0, 0.05) is 67.0 Å². The number of allylic oxidation sites excluding steroid dienone is 1. The fraction of sp³-hybridized carbons (Fsp3) is 0.444. The summed E-state index contributed by atoms with van der Waals surface area (Å²) in [6, 6.07) is 11.4. The molecule has 2 aromatic carbocycles. The van der Waals surface area contributed by atoms with Gasteiger partial charge < -0.3 is 14.5 Å². The Labute approximate surface area is 277 Å². The van der Waals surface area contributed by atoms with Crippen molar-refractivity contribution in [2.75, 3.05) is 44.2 Å². The van der Waals surface area contributed by atoms with Crippen LogP contribution in [0, 0.1) is 11.7 Å². The molecule has 0 unspecified atom stereocenters. The number of anilines is 1. The summed E-state index contributed by atoms with van der Waals surface area (Å²) < 4.78 is 37.9. The maximum absolute atomic E-state index is 16.9. The van der Waals surface area contributed by atoms with Crippen LogP contribution < -0.4 is 9.64 Å². The number of fused-ring (bicyclic) bond motifs is 3. The molecule has 3 aliphatic heterocycles. The van der Waals surface area contributed by atoms with Crippen molar-refractivity contribution in [3.05, 3.63) is 65.7 Å². The highest BCUT2D eigenvalue weighted by Crippen LogP contribution is 2.42. The average molecular weight is 659 g/mol. The third-order valence-corrected chi connectivity index (χ3v) is 10.7. The molecule has 11 heteroatoms. The third-order valence-electron chi connectivity index (χ3n) is 10.4. The Morgan fingerprint density at radius 3 is 2.79 bits per heavy atom. The van der Waals surface area contributed by atoms with Gasteiger partial charge in [0.15, 0.2) is 5.82 Å². The van der Waals surface area contributed by atoms with Crippen molar-refractivity contribution < 1.29 is 18.3 Å². The molecule has 0 bridgehead atoms. The summed E-state index contributed by atoms with van der Waals surface area (Å²) in [7, 11) is 0. The highest BCUT2D eigenvalue weighted by atomic mass is 35.5. The van der Waals surface area contributed by atoms with Gasteiger partial charge in [-0.25, -0.2) is 8.78 Å². The van der Waals surface area contributed by atoms with Crippen molar-refractivity contribution >= 4 is 45.4 Å². The predicted molar refractivity (Wildman–Crippen MR) is 179 cm³/mol. The summed E-state index contributed by atoms with van der Waals surface area (Å²) in [6.07, 6.45) is 10.3. The first-order valence-corrected chi connectivity index (χ1v) is 17.0. The van der Waals surface area contributed by atoms with Crippen LogP contribution in [-0.2, 0) is 4.79 Å². The van der Waals surface area contributed by atoms with Crippen molar-refractivity contribution in [1.82, 2.24) is 24.8 Å². The van der Waals surface area contributed by atoms with Crippen molar-refractivity contribution in [2.45, 2.75) is 56.3 Å². The SMILES string of the molecule is O=CC=CN1CC[C@@H](N(CC2CC2)c2nc(OC[C@@]34CCCN3C[C@H](F)C4)nc3c(F)c(-c4cccc5cccc(Cl)c45)ncc23)C1. The van der Waals surface area contributed by atoms with Gasteiger partial charge in [0.2, 0.25) is 0 Å². The lowest BCUT2D eigenvalue weighted by atomic mass is 9.95. The number of likely N-dealkylation sites (tertiary alicyclic amines) is 1. The van der Waals surface area contributed by atoms with E-state index in [0.29, 0.717) is 47.2 Å². The topological polar surface area (TPSA) is 74.7 Å². The molecule has 244 valence electrons. The van der Waals surface area contributed by atoms with E-state index in [1.54, 1.807) is 12.3 Å². The van der Waals surface area contributed by atoms with Gasteiger partial charge in [-0.3, -0.25) is 14.7 Å². The van der Waals surface area contributed by atoms with Crippen molar-refractivity contribution in [2.24, 2.45) is 5.92 Å². The van der Waals surface area contributed by atoms with Gasteiger partial charge in [0.05, 0.1) is 10.9 Å². The Kier molecular flexibility index (Phi) is 7.96.